The van der Waals surface area contributed by atoms with E-state index in [4.69, 9.17) is 5.84 Å². The Morgan fingerprint density at radius 2 is 2.12 bits per heavy atom. The Morgan fingerprint density at radius 1 is 1.35 bits per heavy atom. The summed E-state index contributed by atoms with van der Waals surface area (Å²) in [5, 5.41) is 5.75. The Bertz CT molecular complexity index is 497. The van der Waals surface area contributed by atoms with Gasteiger partial charge < -0.3 is 5.32 Å². The number of thiazole rings is 1. The zero-order valence-corrected chi connectivity index (χ0v) is 9.83. The van der Waals surface area contributed by atoms with Gasteiger partial charge in [-0.2, -0.15) is 0 Å². The topological polar surface area (TPSA) is 80.0 Å². The molecule has 1 heterocycles. The normalized spacial score (nSPS) is 9.94. The first-order valence-corrected chi connectivity index (χ1v) is 5.92. The van der Waals surface area contributed by atoms with Gasteiger partial charge in [0.2, 0.25) is 5.91 Å². The van der Waals surface area contributed by atoms with Crippen molar-refractivity contribution in [1.82, 2.24) is 10.4 Å². The predicted molar refractivity (Wildman–Crippen MR) is 67.9 cm³/mol. The molecule has 88 valence electrons. The van der Waals surface area contributed by atoms with E-state index >= 15 is 0 Å². The van der Waals surface area contributed by atoms with E-state index in [1.807, 2.05) is 35.7 Å². The quantitative estimate of drug-likeness (QED) is 0.434. The van der Waals surface area contributed by atoms with E-state index < -0.39 is 0 Å². The van der Waals surface area contributed by atoms with Gasteiger partial charge in [-0.05, 0) is 12.1 Å². The Balaban J connectivity index is 2.01. The molecule has 6 heteroatoms. The van der Waals surface area contributed by atoms with Crippen molar-refractivity contribution in [2.75, 3.05) is 5.32 Å². The molecule has 0 saturated carbocycles. The molecule has 2 rings (SSSR count). The molecule has 0 bridgehead atoms. The number of hydrogen-bond donors (Lipinski definition) is 3. The van der Waals surface area contributed by atoms with Crippen molar-refractivity contribution < 1.29 is 4.79 Å². The fraction of sp³-hybridized carbons (Fsp3) is 0.0909. The molecule has 0 saturated heterocycles. The van der Waals surface area contributed by atoms with Crippen LogP contribution in [0.1, 0.15) is 5.69 Å². The summed E-state index contributed by atoms with van der Waals surface area (Å²) in [5.74, 6) is 4.76. The molecular formula is C11H12N4OS. The molecule has 4 N–H and O–H groups in total. The van der Waals surface area contributed by atoms with Gasteiger partial charge in [-0.1, -0.05) is 18.2 Å². The van der Waals surface area contributed by atoms with Crippen LogP contribution in [0, 0.1) is 0 Å². The average molecular weight is 248 g/mol. The molecule has 17 heavy (non-hydrogen) atoms. The molecule has 0 aliphatic carbocycles. The third-order valence-electron chi connectivity index (χ3n) is 2.08. The number of carbonyl (C=O) groups excluding carboxylic acids is 1. The molecular weight excluding hydrogens is 236 g/mol. The van der Waals surface area contributed by atoms with Gasteiger partial charge in [0, 0.05) is 11.1 Å². The third kappa shape index (κ3) is 3.27. The zero-order valence-electron chi connectivity index (χ0n) is 9.01. The van der Waals surface area contributed by atoms with Crippen molar-refractivity contribution in [3.63, 3.8) is 0 Å². The highest BCUT2D eigenvalue weighted by atomic mass is 32.1. The summed E-state index contributed by atoms with van der Waals surface area (Å²) in [6.45, 7) is 0. The molecule has 1 aromatic heterocycles. The van der Waals surface area contributed by atoms with E-state index in [9.17, 15) is 4.79 Å². The van der Waals surface area contributed by atoms with E-state index in [0.717, 1.165) is 10.8 Å². The standard InChI is InChI=1S/C11H12N4OS/c12-15-10(16)6-9-7-17-11(14-9)13-8-4-2-1-3-5-8/h1-5,7H,6,12H2,(H,13,14)(H,15,16). The number of anilines is 2. The minimum Gasteiger partial charge on any atom is -0.332 e. The summed E-state index contributed by atoms with van der Waals surface area (Å²) in [4.78, 5) is 15.3. The van der Waals surface area contributed by atoms with Gasteiger partial charge >= 0.3 is 0 Å². The summed E-state index contributed by atoms with van der Waals surface area (Å²) in [6, 6.07) is 9.74. The number of nitrogens with zero attached hydrogens (tertiary/aromatic N) is 1. The van der Waals surface area contributed by atoms with E-state index in [1.165, 1.54) is 11.3 Å². The highest BCUT2D eigenvalue weighted by Crippen LogP contribution is 2.20. The van der Waals surface area contributed by atoms with Crippen molar-refractivity contribution in [3.8, 4) is 0 Å². The van der Waals surface area contributed by atoms with Crippen LogP contribution in [-0.2, 0) is 11.2 Å². The Morgan fingerprint density at radius 3 is 2.82 bits per heavy atom. The second-order valence-corrected chi connectivity index (χ2v) is 4.24. The van der Waals surface area contributed by atoms with Gasteiger partial charge in [0.15, 0.2) is 5.13 Å². The molecule has 2 aromatic rings. The molecule has 1 aromatic carbocycles. The smallest absolute Gasteiger partial charge is 0.239 e. The average Bonchev–Trinajstić information content (AvgIpc) is 2.77. The van der Waals surface area contributed by atoms with Crippen LogP contribution in [0.3, 0.4) is 0 Å². The summed E-state index contributed by atoms with van der Waals surface area (Å²) >= 11 is 1.45. The molecule has 0 aliphatic rings. The molecule has 0 radical (unpaired) electrons. The lowest BCUT2D eigenvalue weighted by Gasteiger charge is -2.00. The van der Waals surface area contributed by atoms with E-state index in [-0.39, 0.29) is 12.3 Å². The minimum atomic E-state index is -0.249. The molecule has 0 atom stereocenters. The second kappa shape index (κ2) is 5.42. The van der Waals surface area contributed by atoms with Gasteiger partial charge in [0.1, 0.15) is 0 Å². The Hall–Kier alpha value is -1.92. The number of nitrogens with two attached hydrogens (primary N) is 1. The zero-order chi connectivity index (χ0) is 12.1. The third-order valence-corrected chi connectivity index (χ3v) is 2.89. The lowest BCUT2D eigenvalue weighted by Crippen LogP contribution is -2.31. The first kappa shape index (κ1) is 11.6. The lowest BCUT2D eigenvalue weighted by molar-refractivity contribution is -0.120. The van der Waals surface area contributed by atoms with Crippen LogP contribution < -0.4 is 16.6 Å². The van der Waals surface area contributed by atoms with Crippen LogP contribution >= 0.6 is 11.3 Å². The fourth-order valence-electron chi connectivity index (χ4n) is 1.31. The molecule has 5 nitrogen and oxygen atoms in total. The lowest BCUT2D eigenvalue weighted by atomic mass is 10.3. The number of aromatic nitrogens is 1. The van der Waals surface area contributed by atoms with Crippen LogP contribution in [0.15, 0.2) is 35.7 Å². The summed E-state index contributed by atoms with van der Waals surface area (Å²) in [5.41, 5.74) is 3.75. The van der Waals surface area contributed by atoms with E-state index in [1.54, 1.807) is 0 Å². The maximum absolute atomic E-state index is 11.1. The molecule has 0 spiro atoms. The summed E-state index contributed by atoms with van der Waals surface area (Å²) in [7, 11) is 0. The molecule has 0 unspecified atom stereocenters. The molecule has 1 amide bonds. The molecule has 0 aliphatic heterocycles. The number of benzene rings is 1. The first-order valence-electron chi connectivity index (χ1n) is 5.04. The summed E-state index contributed by atoms with van der Waals surface area (Å²) < 4.78 is 0. The van der Waals surface area contributed by atoms with Crippen LogP contribution in [0.4, 0.5) is 10.8 Å². The Labute approximate surface area is 103 Å². The number of amides is 1. The van der Waals surface area contributed by atoms with E-state index in [2.05, 4.69) is 15.7 Å². The Kier molecular flexibility index (Phi) is 3.69. The summed E-state index contributed by atoms with van der Waals surface area (Å²) in [6.07, 6.45) is 0.198. The van der Waals surface area contributed by atoms with Gasteiger partial charge in [0.25, 0.3) is 0 Å². The highest BCUT2D eigenvalue weighted by Gasteiger charge is 2.06. The van der Waals surface area contributed by atoms with Crippen molar-refractivity contribution in [2.45, 2.75) is 6.42 Å². The van der Waals surface area contributed by atoms with Crippen LogP contribution in [0.25, 0.3) is 0 Å². The number of para-hydroxylation sites is 1. The fourth-order valence-corrected chi connectivity index (χ4v) is 2.04. The van der Waals surface area contributed by atoms with Gasteiger partial charge in [0.05, 0.1) is 12.1 Å². The highest BCUT2D eigenvalue weighted by molar-refractivity contribution is 7.13. The van der Waals surface area contributed by atoms with Crippen LogP contribution in [-0.4, -0.2) is 10.9 Å². The maximum Gasteiger partial charge on any atom is 0.239 e. The number of hydrazine groups is 1. The first-order chi connectivity index (χ1) is 8.28. The SMILES string of the molecule is NNC(=O)Cc1csc(Nc2ccccc2)n1. The van der Waals surface area contributed by atoms with Gasteiger partial charge in [-0.15, -0.1) is 11.3 Å². The number of hydrogen-bond acceptors (Lipinski definition) is 5. The van der Waals surface area contributed by atoms with Crippen LogP contribution in [0.5, 0.6) is 0 Å². The maximum atomic E-state index is 11.1. The van der Waals surface area contributed by atoms with E-state index in [0.29, 0.717) is 5.69 Å². The van der Waals surface area contributed by atoms with Crippen molar-refractivity contribution >= 4 is 28.1 Å². The second-order valence-electron chi connectivity index (χ2n) is 3.38. The monoisotopic (exact) mass is 248 g/mol. The predicted octanol–water partition coefficient (Wildman–Crippen LogP) is 1.42. The van der Waals surface area contributed by atoms with Crippen molar-refractivity contribution in [1.29, 1.82) is 0 Å². The van der Waals surface area contributed by atoms with Crippen molar-refractivity contribution in [2.24, 2.45) is 5.84 Å². The molecule has 0 fully saturated rings. The van der Waals surface area contributed by atoms with Gasteiger partial charge in [-0.25, -0.2) is 10.8 Å². The van der Waals surface area contributed by atoms with Crippen LogP contribution in [0.2, 0.25) is 0 Å². The number of rotatable bonds is 4. The number of carbonyl (C=O) groups is 1. The van der Waals surface area contributed by atoms with Crippen molar-refractivity contribution in [3.05, 3.63) is 41.4 Å². The number of nitrogens with one attached hydrogen (secondary N) is 2. The largest absolute Gasteiger partial charge is 0.332 e. The van der Waals surface area contributed by atoms with Gasteiger partial charge in [-0.3, -0.25) is 10.2 Å². The minimum absolute atomic E-state index is 0.198.